The van der Waals surface area contributed by atoms with Crippen molar-refractivity contribution in [3.63, 3.8) is 0 Å². The second-order valence-corrected chi connectivity index (χ2v) is 5.38. The molecule has 0 unspecified atom stereocenters. The van der Waals surface area contributed by atoms with Crippen LogP contribution in [0.1, 0.15) is 5.56 Å². The van der Waals surface area contributed by atoms with Gasteiger partial charge in [-0.05, 0) is 30.3 Å². The molecule has 3 aromatic rings. The van der Waals surface area contributed by atoms with Gasteiger partial charge in [0.25, 0.3) is 0 Å². The zero-order valence-corrected chi connectivity index (χ0v) is 11.9. The molecule has 0 spiro atoms. The Kier molecular flexibility index (Phi) is 3.50. The summed E-state index contributed by atoms with van der Waals surface area (Å²) in [6, 6.07) is 11.7. The molecule has 0 saturated carbocycles. The Morgan fingerprint density at radius 1 is 1.29 bits per heavy atom. The van der Waals surface area contributed by atoms with Gasteiger partial charge in [-0.15, -0.1) is 0 Å². The molecule has 0 fully saturated rings. The summed E-state index contributed by atoms with van der Waals surface area (Å²) in [5.74, 6) is 0.301. The van der Waals surface area contributed by atoms with Crippen molar-refractivity contribution >= 4 is 22.8 Å². The Hall–Kier alpha value is -2.52. The van der Waals surface area contributed by atoms with E-state index in [1.165, 1.54) is 23.9 Å². The fourth-order valence-electron chi connectivity index (χ4n) is 1.94. The Morgan fingerprint density at radius 2 is 2.14 bits per heavy atom. The predicted molar refractivity (Wildman–Crippen MR) is 77.9 cm³/mol. The first kappa shape index (κ1) is 13.5. The minimum Gasteiger partial charge on any atom is -0.497 e. The number of methoxy groups -OCH3 is 1. The molecule has 0 aliphatic carbocycles. The third-order valence-corrected chi connectivity index (χ3v) is 3.74. The first-order chi connectivity index (χ1) is 10.2. The van der Waals surface area contributed by atoms with E-state index in [0.29, 0.717) is 10.1 Å². The molecular formula is C15H10FN3OS. The number of benzene rings is 2. The van der Waals surface area contributed by atoms with E-state index in [2.05, 4.69) is 9.97 Å². The molecule has 4 nitrogen and oxygen atoms in total. The van der Waals surface area contributed by atoms with Crippen LogP contribution in [0.25, 0.3) is 11.0 Å². The van der Waals surface area contributed by atoms with Gasteiger partial charge in [0.2, 0.25) is 0 Å². The smallest absolute Gasteiger partial charge is 0.171 e. The number of hydrogen-bond acceptors (Lipinski definition) is 4. The molecule has 0 bridgehead atoms. The molecule has 1 aromatic heterocycles. The highest BCUT2D eigenvalue weighted by molar-refractivity contribution is 7.99. The van der Waals surface area contributed by atoms with Crippen LogP contribution in [0.2, 0.25) is 0 Å². The molecule has 6 heteroatoms. The summed E-state index contributed by atoms with van der Waals surface area (Å²) >= 11 is 1.27. The lowest BCUT2D eigenvalue weighted by molar-refractivity contribution is 0.415. The Balaban J connectivity index is 1.94. The van der Waals surface area contributed by atoms with E-state index < -0.39 is 5.82 Å². The highest BCUT2D eigenvalue weighted by atomic mass is 32.2. The number of ether oxygens (including phenoxy) is 1. The minimum atomic E-state index is -0.436. The van der Waals surface area contributed by atoms with E-state index in [1.807, 2.05) is 24.3 Å². The SMILES string of the molecule is COc1ccc2nc(Sc3cc(F)cc(C#N)c3)[nH]c2c1. The predicted octanol–water partition coefficient (Wildman–Crippen LogP) is 3.73. The maximum atomic E-state index is 13.4. The van der Waals surface area contributed by atoms with E-state index >= 15 is 0 Å². The second kappa shape index (κ2) is 5.46. The number of nitrogens with zero attached hydrogens (tertiary/aromatic N) is 2. The molecule has 0 atom stereocenters. The maximum absolute atomic E-state index is 13.4. The van der Waals surface area contributed by atoms with Crippen molar-refractivity contribution in [3.8, 4) is 11.8 Å². The van der Waals surface area contributed by atoms with Crippen molar-refractivity contribution in [3.05, 3.63) is 47.8 Å². The van der Waals surface area contributed by atoms with E-state index in [4.69, 9.17) is 10.00 Å². The average molecular weight is 299 g/mol. The van der Waals surface area contributed by atoms with Crippen molar-refractivity contribution in [1.82, 2.24) is 9.97 Å². The summed E-state index contributed by atoms with van der Waals surface area (Å²) in [7, 11) is 1.60. The van der Waals surface area contributed by atoms with Crippen molar-refractivity contribution in [2.24, 2.45) is 0 Å². The van der Waals surface area contributed by atoms with Gasteiger partial charge in [0.15, 0.2) is 5.16 Å². The van der Waals surface area contributed by atoms with Crippen molar-refractivity contribution in [2.75, 3.05) is 7.11 Å². The Labute approximate surface area is 124 Å². The molecular weight excluding hydrogens is 289 g/mol. The molecule has 0 aliphatic rings. The van der Waals surface area contributed by atoms with E-state index in [-0.39, 0.29) is 5.56 Å². The Bertz CT molecular complexity index is 854. The fourth-order valence-corrected chi connectivity index (χ4v) is 2.82. The first-order valence-corrected chi connectivity index (χ1v) is 6.92. The second-order valence-electron chi connectivity index (χ2n) is 4.31. The zero-order valence-electron chi connectivity index (χ0n) is 11.1. The zero-order chi connectivity index (χ0) is 14.8. The molecule has 3 rings (SSSR count). The molecule has 104 valence electrons. The topological polar surface area (TPSA) is 61.7 Å². The number of imidazole rings is 1. The molecule has 0 saturated heterocycles. The number of aromatic nitrogens is 2. The number of fused-ring (bicyclic) bond motifs is 1. The molecule has 2 aromatic carbocycles. The minimum absolute atomic E-state index is 0.287. The maximum Gasteiger partial charge on any atom is 0.171 e. The molecule has 21 heavy (non-hydrogen) atoms. The van der Waals surface area contributed by atoms with Crippen molar-refractivity contribution < 1.29 is 9.13 Å². The van der Waals surface area contributed by atoms with Crippen molar-refractivity contribution in [2.45, 2.75) is 10.1 Å². The lowest BCUT2D eigenvalue weighted by Crippen LogP contribution is -1.82. The van der Waals surface area contributed by atoms with Crippen LogP contribution in [0, 0.1) is 17.1 Å². The average Bonchev–Trinajstić information content (AvgIpc) is 2.87. The van der Waals surface area contributed by atoms with Crippen LogP contribution in [-0.4, -0.2) is 17.1 Å². The summed E-state index contributed by atoms with van der Waals surface area (Å²) in [6.45, 7) is 0. The van der Waals surface area contributed by atoms with Crippen LogP contribution < -0.4 is 4.74 Å². The van der Waals surface area contributed by atoms with Gasteiger partial charge in [0.1, 0.15) is 11.6 Å². The van der Waals surface area contributed by atoms with Crippen LogP contribution in [0.5, 0.6) is 5.75 Å². The third-order valence-electron chi connectivity index (χ3n) is 2.88. The molecule has 1 N–H and O–H groups in total. The summed E-state index contributed by atoms with van der Waals surface area (Å²) in [5.41, 5.74) is 1.93. The van der Waals surface area contributed by atoms with Gasteiger partial charge in [-0.1, -0.05) is 11.8 Å². The molecule has 0 aliphatic heterocycles. The summed E-state index contributed by atoms with van der Waals surface area (Å²) in [6.07, 6.45) is 0. The number of aromatic amines is 1. The molecule has 0 amide bonds. The fraction of sp³-hybridized carbons (Fsp3) is 0.0667. The van der Waals surface area contributed by atoms with Crippen LogP contribution in [0.3, 0.4) is 0 Å². The van der Waals surface area contributed by atoms with Crippen LogP contribution in [0.15, 0.2) is 46.5 Å². The summed E-state index contributed by atoms with van der Waals surface area (Å²) in [5, 5.41) is 9.49. The third kappa shape index (κ3) is 2.83. The molecule has 1 heterocycles. The highest BCUT2D eigenvalue weighted by Gasteiger charge is 2.08. The van der Waals surface area contributed by atoms with Crippen LogP contribution in [0.4, 0.5) is 4.39 Å². The quantitative estimate of drug-likeness (QED) is 0.800. The van der Waals surface area contributed by atoms with Gasteiger partial charge in [-0.3, -0.25) is 0 Å². The largest absolute Gasteiger partial charge is 0.497 e. The van der Waals surface area contributed by atoms with Gasteiger partial charge >= 0.3 is 0 Å². The highest BCUT2D eigenvalue weighted by Crippen LogP contribution is 2.29. The van der Waals surface area contributed by atoms with E-state index in [0.717, 1.165) is 16.8 Å². The summed E-state index contributed by atoms with van der Waals surface area (Å²) in [4.78, 5) is 8.18. The van der Waals surface area contributed by atoms with E-state index in [1.54, 1.807) is 13.2 Å². The first-order valence-electron chi connectivity index (χ1n) is 6.10. The normalized spacial score (nSPS) is 10.5. The van der Waals surface area contributed by atoms with Gasteiger partial charge in [0.05, 0.1) is 29.8 Å². The van der Waals surface area contributed by atoms with Crippen molar-refractivity contribution in [1.29, 1.82) is 5.26 Å². The number of hydrogen-bond donors (Lipinski definition) is 1. The number of H-pyrrole nitrogens is 1. The Morgan fingerprint density at radius 3 is 2.90 bits per heavy atom. The van der Waals surface area contributed by atoms with Gasteiger partial charge in [0, 0.05) is 11.0 Å². The summed E-state index contributed by atoms with van der Waals surface area (Å²) < 4.78 is 18.6. The monoisotopic (exact) mass is 299 g/mol. The van der Waals surface area contributed by atoms with Gasteiger partial charge in [-0.2, -0.15) is 5.26 Å². The van der Waals surface area contributed by atoms with Gasteiger partial charge < -0.3 is 9.72 Å². The number of nitrogens with one attached hydrogen (secondary N) is 1. The lowest BCUT2D eigenvalue weighted by Gasteiger charge is -1.99. The molecule has 0 radical (unpaired) electrons. The number of halogens is 1. The number of rotatable bonds is 3. The van der Waals surface area contributed by atoms with E-state index in [9.17, 15) is 4.39 Å². The number of nitriles is 1. The van der Waals surface area contributed by atoms with Crippen LogP contribution in [-0.2, 0) is 0 Å². The lowest BCUT2D eigenvalue weighted by atomic mass is 10.2. The van der Waals surface area contributed by atoms with Gasteiger partial charge in [-0.25, -0.2) is 9.37 Å². The standard InChI is InChI=1S/C15H10FN3OS/c1-20-11-2-3-13-14(7-11)19-15(18-13)21-12-5-9(8-17)4-10(16)6-12/h2-7H,1H3,(H,18,19). The van der Waals surface area contributed by atoms with Crippen LogP contribution >= 0.6 is 11.8 Å².